The Morgan fingerprint density at radius 1 is 1.37 bits per heavy atom. The van der Waals surface area contributed by atoms with Gasteiger partial charge in [-0.25, -0.2) is 9.78 Å². The first-order chi connectivity index (χ1) is 9.33. The number of carbonyl (C=O) groups is 1. The van der Waals surface area contributed by atoms with E-state index in [0.717, 1.165) is 23.5 Å². The zero-order chi connectivity index (χ0) is 13.1. The van der Waals surface area contributed by atoms with Crippen LogP contribution in [0, 0.1) is 0 Å². The lowest BCUT2D eigenvalue weighted by molar-refractivity contribution is 0.0350. The predicted molar refractivity (Wildman–Crippen MR) is 73.1 cm³/mol. The summed E-state index contributed by atoms with van der Waals surface area (Å²) in [5.41, 5.74) is 1.08. The van der Waals surface area contributed by atoms with Crippen molar-refractivity contribution in [3.63, 3.8) is 0 Å². The van der Waals surface area contributed by atoms with Crippen molar-refractivity contribution in [1.82, 2.24) is 4.98 Å². The minimum Gasteiger partial charge on any atom is -0.457 e. The van der Waals surface area contributed by atoms with Gasteiger partial charge in [0.05, 0.1) is 0 Å². The van der Waals surface area contributed by atoms with Gasteiger partial charge in [-0.2, -0.15) is 11.8 Å². The van der Waals surface area contributed by atoms with Crippen LogP contribution in [0.25, 0.3) is 11.5 Å². The third kappa shape index (κ3) is 2.81. The molecule has 19 heavy (non-hydrogen) atoms. The molecule has 3 rings (SSSR count). The van der Waals surface area contributed by atoms with Crippen LogP contribution >= 0.6 is 11.8 Å². The largest absolute Gasteiger partial charge is 0.457 e. The summed E-state index contributed by atoms with van der Waals surface area (Å²) in [6.07, 6.45) is 2.28. The van der Waals surface area contributed by atoms with E-state index in [-0.39, 0.29) is 11.8 Å². The summed E-state index contributed by atoms with van der Waals surface area (Å²) >= 11 is 1.80. The number of carbonyl (C=O) groups excluding carboxylic acids is 1. The van der Waals surface area contributed by atoms with Crippen molar-refractivity contribution < 1.29 is 13.9 Å². The molecule has 1 unspecified atom stereocenters. The van der Waals surface area contributed by atoms with E-state index in [1.807, 2.05) is 30.3 Å². The monoisotopic (exact) mass is 275 g/mol. The van der Waals surface area contributed by atoms with Crippen LogP contribution in [0.1, 0.15) is 16.9 Å². The molecular weight excluding hydrogens is 262 g/mol. The van der Waals surface area contributed by atoms with Crippen molar-refractivity contribution in [1.29, 1.82) is 0 Å². The Morgan fingerprint density at radius 2 is 2.21 bits per heavy atom. The Kier molecular flexibility index (Phi) is 3.55. The van der Waals surface area contributed by atoms with E-state index in [9.17, 15) is 4.79 Å². The number of aromatic nitrogens is 1. The van der Waals surface area contributed by atoms with Crippen molar-refractivity contribution in [3.05, 3.63) is 42.3 Å². The van der Waals surface area contributed by atoms with Gasteiger partial charge in [-0.05, 0) is 24.3 Å². The average molecular weight is 275 g/mol. The van der Waals surface area contributed by atoms with Gasteiger partial charge < -0.3 is 9.15 Å². The quantitative estimate of drug-likeness (QED) is 0.806. The highest BCUT2D eigenvalue weighted by molar-refractivity contribution is 7.99. The van der Waals surface area contributed by atoms with E-state index in [4.69, 9.17) is 9.15 Å². The van der Waals surface area contributed by atoms with Crippen molar-refractivity contribution >= 4 is 17.7 Å². The van der Waals surface area contributed by atoms with Crippen LogP contribution in [0.2, 0.25) is 0 Å². The molecule has 5 heteroatoms. The maximum Gasteiger partial charge on any atom is 0.360 e. The third-order valence-electron chi connectivity index (χ3n) is 2.90. The first kappa shape index (κ1) is 12.3. The van der Waals surface area contributed by atoms with Gasteiger partial charge in [0, 0.05) is 11.3 Å². The molecule has 1 aliphatic heterocycles. The second-order valence-electron chi connectivity index (χ2n) is 4.29. The van der Waals surface area contributed by atoms with E-state index in [1.54, 1.807) is 11.8 Å². The number of benzene rings is 1. The fourth-order valence-corrected chi connectivity index (χ4v) is 2.99. The summed E-state index contributed by atoms with van der Waals surface area (Å²) in [7, 11) is 0. The van der Waals surface area contributed by atoms with E-state index in [2.05, 4.69) is 4.98 Å². The van der Waals surface area contributed by atoms with Crippen LogP contribution in [0.15, 0.2) is 41.0 Å². The fourth-order valence-electron chi connectivity index (χ4n) is 1.90. The van der Waals surface area contributed by atoms with Gasteiger partial charge in [-0.15, -0.1) is 0 Å². The van der Waals surface area contributed by atoms with Crippen molar-refractivity contribution in [2.75, 3.05) is 11.5 Å². The zero-order valence-electron chi connectivity index (χ0n) is 10.2. The Balaban J connectivity index is 1.72. The molecule has 1 saturated heterocycles. The van der Waals surface area contributed by atoms with E-state index >= 15 is 0 Å². The molecule has 1 atom stereocenters. The van der Waals surface area contributed by atoms with Gasteiger partial charge >= 0.3 is 5.97 Å². The van der Waals surface area contributed by atoms with Crippen molar-refractivity contribution in [2.45, 2.75) is 12.5 Å². The Hall–Kier alpha value is -1.75. The molecule has 0 bridgehead atoms. The highest BCUT2D eigenvalue weighted by atomic mass is 32.2. The minimum absolute atomic E-state index is 0.00868. The zero-order valence-corrected chi connectivity index (χ0v) is 11.1. The van der Waals surface area contributed by atoms with Gasteiger partial charge in [0.25, 0.3) is 0 Å². The first-order valence-electron chi connectivity index (χ1n) is 6.12. The fraction of sp³-hybridized carbons (Fsp3) is 0.286. The van der Waals surface area contributed by atoms with Crippen LogP contribution in [0.5, 0.6) is 0 Å². The lowest BCUT2D eigenvalue weighted by Gasteiger charge is -2.08. The van der Waals surface area contributed by atoms with Crippen LogP contribution in [0.3, 0.4) is 0 Å². The number of hydrogen-bond donors (Lipinski definition) is 0. The summed E-state index contributed by atoms with van der Waals surface area (Å²) in [4.78, 5) is 16.1. The summed E-state index contributed by atoms with van der Waals surface area (Å²) in [5, 5.41) is 0. The van der Waals surface area contributed by atoms with Gasteiger partial charge in [0.2, 0.25) is 5.89 Å². The molecule has 1 aromatic heterocycles. The highest BCUT2D eigenvalue weighted by Gasteiger charge is 2.22. The van der Waals surface area contributed by atoms with Crippen LogP contribution < -0.4 is 0 Å². The molecule has 1 aromatic carbocycles. The second-order valence-corrected chi connectivity index (χ2v) is 5.44. The maximum atomic E-state index is 11.9. The normalized spacial score (nSPS) is 18.4. The number of ether oxygens (including phenoxy) is 1. The lowest BCUT2D eigenvalue weighted by Crippen LogP contribution is -2.17. The summed E-state index contributed by atoms with van der Waals surface area (Å²) in [5.74, 6) is 1.95. The van der Waals surface area contributed by atoms with Gasteiger partial charge in [0.1, 0.15) is 12.4 Å². The predicted octanol–water partition coefficient (Wildman–Crippen LogP) is 3.00. The molecule has 4 nitrogen and oxygen atoms in total. The number of oxazole rings is 1. The third-order valence-corrected chi connectivity index (χ3v) is 4.03. The topological polar surface area (TPSA) is 52.3 Å². The Bertz CT molecular complexity index is 561. The van der Waals surface area contributed by atoms with Crippen LogP contribution in [0.4, 0.5) is 0 Å². The molecule has 0 saturated carbocycles. The van der Waals surface area contributed by atoms with E-state index in [0.29, 0.717) is 5.89 Å². The molecule has 2 heterocycles. The molecule has 98 valence electrons. The molecule has 0 N–H and O–H groups in total. The summed E-state index contributed by atoms with van der Waals surface area (Å²) in [6.45, 7) is 0. The molecular formula is C14H13NO3S. The first-order valence-corrected chi connectivity index (χ1v) is 7.28. The minimum atomic E-state index is -0.404. The summed E-state index contributed by atoms with van der Waals surface area (Å²) in [6, 6.07) is 9.48. The molecule has 0 spiro atoms. The number of esters is 1. The van der Waals surface area contributed by atoms with E-state index < -0.39 is 5.97 Å². The lowest BCUT2D eigenvalue weighted by atomic mass is 10.2. The molecule has 2 aromatic rings. The van der Waals surface area contributed by atoms with Crippen molar-refractivity contribution in [3.8, 4) is 11.5 Å². The van der Waals surface area contributed by atoms with Gasteiger partial charge in [-0.1, -0.05) is 18.2 Å². The van der Waals surface area contributed by atoms with E-state index in [1.165, 1.54) is 6.26 Å². The number of thioether (sulfide) groups is 1. The number of hydrogen-bond acceptors (Lipinski definition) is 5. The molecule has 0 radical (unpaired) electrons. The standard InChI is InChI=1S/C14H13NO3S/c16-14(18-11-6-7-19-9-11)12-8-17-13(15-12)10-4-2-1-3-5-10/h1-5,8,11H,6-7,9H2. The van der Waals surface area contributed by atoms with Crippen LogP contribution in [-0.4, -0.2) is 28.6 Å². The smallest absolute Gasteiger partial charge is 0.360 e. The molecule has 0 amide bonds. The maximum absolute atomic E-state index is 11.9. The number of rotatable bonds is 3. The van der Waals surface area contributed by atoms with Crippen LogP contribution in [-0.2, 0) is 4.74 Å². The molecule has 1 aliphatic rings. The van der Waals surface area contributed by atoms with Crippen molar-refractivity contribution in [2.24, 2.45) is 0 Å². The summed E-state index contributed by atoms with van der Waals surface area (Å²) < 4.78 is 10.7. The van der Waals surface area contributed by atoms with Gasteiger partial charge in [-0.3, -0.25) is 0 Å². The van der Waals surface area contributed by atoms with Gasteiger partial charge in [0.15, 0.2) is 5.69 Å². The number of nitrogens with zero attached hydrogens (tertiary/aromatic N) is 1. The molecule has 1 fully saturated rings. The highest BCUT2D eigenvalue weighted by Crippen LogP contribution is 2.22. The average Bonchev–Trinajstić information content (AvgIpc) is 3.10. The Labute approximate surface area is 115 Å². The molecule has 0 aliphatic carbocycles. The second kappa shape index (κ2) is 5.48. The SMILES string of the molecule is O=C(OC1CCSC1)c1coc(-c2ccccc2)n1. The Morgan fingerprint density at radius 3 is 2.95 bits per heavy atom.